The summed E-state index contributed by atoms with van der Waals surface area (Å²) in [7, 11) is 0. The van der Waals surface area contributed by atoms with E-state index in [2.05, 4.69) is 10.3 Å². The Bertz CT molecular complexity index is 256. The van der Waals surface area contributed by atoms with Crippen LogP contribution in [0.15, 0.2) is 18.7 Å². The zero-order chi connectivity index (χ0) is 9.68. The number of imidazole rings is 1. The summed E-state index contributed by atoms with van der Waals surface area (Å²) < 4.78 is 1.35. The van der Waals surface area contributed by atoms with Gasteiger partial charge in [0.15, 0.2) is 0 Å². The van der Waals surface area contributed by atoms with Gasteiger partial charge in [0.05, 0.1) is 6.10 Å². The number of nitrogens with zero attached hydrogens (tertiary/aromatic N) is 2. The largest absolute Gasteiger partial charge is 0.393 e. The minimum atomic E-state index is -0.386. The molecule has 0 saturated carbocycles. The van der Waals surface area contributed by atoms with E-state index in [1.165, 1.54) is 17.1 Å². The highest BCUT2D eigenvalue weighted by Crippen LogP contribution is 1.88. The third kappa shape index (κ3) is 3.25. The van der Waals surface area contributed by atoms with Gasteiger partial charge < -0.3 is 10.4 Å². The van der Waals surface area contributed by atoms with Crippen LogP contribution in [0.3, 0.4) is 0 Å². The molecule has 0 saturated heterocycles. The Labute approximate surface area is 76.4 Å². The number of carbonyl (C=O) groups is 1. The number of aliphatic hydroxyl groups excluding tert-OH is 1. The van der Waals surface area contributed by atoms with Crippen molar-refractivity contribution in [3.8, 4) is 0 Å². The quantitative estimate of drug-likeness (QED) is 0.704. The summed E-state index contributed by atoms with van der Waals surface area (Å²) >= 11 is 0. The minimum Gasteiger partial charge on any atom is -0.393 e. The van der Waals surface area contributed by atoms with Gasteiger partial charge in [-0.2, -0.15) is 0 Å². The van der Waals surface area contributed by atoms with Crippen molar-refractivity contribution in [2.75, 3.05) is 6.54 Å². The number of aromatic nitrogens is 2. The Hall–Kier alpha value is -1.36. The van der Waals surface area contributed by atoms with E-state index in [0.29, 0.717) is 13.0 Å². The molecule has 5 nitrogen and oxygen atoms in total. The lowest BCUT2D eigenvalue weighted by Crippen LogP contribution is -2.29. The van der Waals surface area contributed by atoms with E-state index in [9.17, 15) is 4.79 Å². The van der Waals surface area contributed by atoms with Gasteiger partial charge in [0, 0.05) is 18.9 Å². The standard InChI is InChI=1S/C8H13N3O2/c1-7(12)2-3-10-8(13)11-5-4-9-6-11/h4-7,12H,2-3H2,1H3,(H,10,13). The molecule has 13 heavy (non-hydrogen) atoms. The first-order valence-electron chi connectivity index (χ1n) is 4.14. The minimum absolute atomic E-state index is 0.224. The van der Waals surface area contributed by atoms with Crippen molar-refractivity contribution in [3.05, 3.63) is 18.7 Å². The first-order valence-corrected chi connectivity index (χ1v) is 4.14. The van der Waals surface area contributed by atoms with Crippen molar-refractivity contribution >= 4 is 6.03 Å². The highest BCUT2D eigenvalue weighted by atomic mass is 16.3. The van der Waals surface area contributed by atoms with Crippen molar-refractivity contribution in [1.29, 1.82) is 0 Å². The summed E-state index contributed by atoms with van der Waals surface area (Å²) in [6.45, 7) is 2.15. The predicted octanol–water partition coefficient (Wildman–Crippen LogP) is 0.212. The van der Waals surface area contributed by atoms with Crippen molar-refractivity contribution < 1.29 is 9.90 Å². The van der Waals surface area contributed by atoms with E-state index < -0.39 is 0 Å². The molecule has 1 heterocycles. The molecule has 0 aromatic carbocycles. The number of nitrogens with one attached hydrogen (secondary N) is 1. The van der Waals surface area contributed by atoms with Crippen LogP contribution in [0, 0.1) is 0 Å². The zero-order valence-electron chi connectivity index (χ0n) is 7.47. The molecule has 72 valence electrons. The SMILES string of the molecule is CC(O)CCNC(=O)n1ccnc1. The number of rotatable bonds is 3. The van der Waals surface area contributed by atoms with Gasteiger partial charge in [-0.25, -0.2) is 9.78 Å². The number of amides is 1. The average Bonchev–Trinajstić information content (AvgIpc) is 2.55. The van der Waals surface area contributed by atoms with Gasteiger partial charge >= 0.3 is 6.03 Å². The second kappa shape index (κ2) is 4.61. The smallest absolute Gasteiger partial charge is 0.326 e. The van der Waals surface area contributed by atoms with E-state index >= 15 is 0 Å². The first-order chi connectivity index (χ1) is 6.20. The lowest BCUT2D eigenvalue weighted by atomic mass is 10.3. The molecule has 1 amide bonds. The van der Waals surface area contributed by atoms with Crippen LogP contribution in [0.1, 0.15) is 13.3 Å². The van der Waals surface area contributed by atoms with Gasteiger partial charge in [-0.3, -0.25) is 4.57 Å². The molecule has 0 fully saturated rings. The lowest BCUT2D eigenvalue weighted by Gasteiger charge is -2.06. The second-order valence-corrected chi connectivity index (χ2v) is 2.84. The Morgan fingerprint density at radius 1 is 1.77 bits per heavy atom. The summed E-state index contributed by atoms with van der Waals surface area (Å²) in [5.41, 5.74) is 0. The summed E-state index contributed by atoms with van der Waals surface area (Å²) in [5.74, 6) is 0. The highest BCUT2D eigenvalue weighted by molar-refractivity contribution is 5.76. The van der Waals surface area contributed by atoms with Crippen LogP contribution in [0.5, 0.6) is 0 Å². The van der Waals surface area contributed by atoms with Gasteiger partial charge in [0.1, 0.15) is 6.33 Å². The molecular weight excluding hydrogens is 170 g/mol. The third-order valence-electron chi connectivity index (χ3n) is 1.58. The van der Waals surface area contributed by atoms with Crippen molar-refractivity contribution in [3.63, 3.8) is 0 Å². The van der Waals surface area contributed by atoms with E-state index in [1.54, 1.807) is 13.1 Å². The molecule has 0 aliphatic heterocycles. The molecule has 5 heteroatoms. The number of hydrogen-bond acceptors (Lipinski definition) is 3. The molecule has 1 aromatic heterocycles. The Morgan fingerprint density at radius 2 is 2.54 bits per heavy atom. The summed E-state index contributed by atoms with van der Waals surface area (Å²) in [5, 5.41) is 11.6. The molecule has 1 unspecified atom stereocenters. The molecule has 1 rings (SSSR count). The van der Waals surface area contributed by atoms with Gasteiger partial charge in [0.2, 0.25) is 0 Å². The maximum absolute atomic E-state index is 11.2. The predicted molar refractivity (Wildman–Crippen MR) is 47.3 cm³/mol. The lowest BCUT2D eigenvalue weighted by molar-refractivity contribution is 0.183. The average molecular weight is 183 g/mol. The second-order valence-electron chi connectivity index (χ2n) is 2.84. The molecule has 1 atom stereocenters. The van der Waals surface area contributed by atoms with E-state index in [0.717, 1.165) is 0 Å². The van der Waals surface area contributed by atoms with Crippen LogP contribution in [0.2, 0.25) is 0 Å². The van der Waals surface area contributed by atoms with Gasteiger partial charge in [-0.05, 0) is 13.3 Å². The van der Waals surface area contributed by atoms with E-state index in [4.69, 9.17) is 5.11 Å². The number of hydrogen-bond donors (Lipinski definition) is 2. The molecule has 0 aliphatic carbocycles. The van der Waals surface area contributed by atoms with Crippen LogP contribution in [0.25, 0.3) is 0 Å². The zero-order valence-corrected chi connectivity index (χ0v) is 7.47. The first kappa shape index (κ1) is 9.73. The normalized spacial score (nSPS) is 12.5. The Kier molecular flexibility index (Phi) is 3.45. The fourth-order valence-corrected chi connectivity index (χ4v) is 0.859. The van der Waals surface area contributed by atoms with Gasteiger partial charge in [0.25, 0.3) is 0 Å². The summed E-state index contributed by atoms with van der Waals surface area (Å²) in [6, 6.07) is -0.224. The summed E-state index contributed by atoms with van der Waals surface area (Å²) in [6.07, 6.45) is 4.70. The Morgan fingerprint density at radius 3 is 3.08 bits per heavy atom. The van der Waals surface area contributed by atoms with Gasteiger partial charge in [-0.1, -0.05) is 0 Å². The van der Waals surface area contributed by atoms with Crippen LogP contribution in [-0.4, -0.2) is 33.3 Å². The van der Waals surface area contributed by atoms with Gasteiger partial charge in [-0.15, -0.1) is 0 Å². The number of aliphatic hydroxyl groups is 1. The van der Waals surface area contributed by atoms with Crippen LogP contribution in [-0.2, 0) is 0 Å². The van der Waals surface area contributed by atoms with Crippen molar-refractivity contribution in [1.82, 2.24) is 14.9 Å². The Balaban J connectivity index is 2.27. The van der Waals surface area contributed by atoms with Crippen LogP contribution in [0.4, 0.5) is 4.79 Å². The molecule has 0 spiro atoms. The van der Waals surface area contributed by atoms with Crippen LogP contribution < -0.4 is 5.32 Å². The molecule has 1 aromatic rings. The molecule has 0 bridgehead atoms. The fourth-order valence-electron chi connectivity index (χ4n) is 0.859. The molecular formula is C8H13N3O2. The van der Waals surface area contributed by atoms with Crippen molar-refractivity contribution in [2.45, 2.75) is 19.4 Å². The maximum Gasteiger partial charge on any atom is 0.326 e. The molecule has 0 aliphatic rings. The molecule has 0 radical (unpaired) electrons. The fraction of sp³-hybridized carbons (Fsp3) is 0.500. The van der Waals surface area contributed by atoms with E-state index in [-0.39, 0.29) is 12.1 Å². The maximum atomic E-state index is 11.2. The monoisotopic (exact) mass is 183 g/mol. The highest BCUT2D eigenvalue weighted by Gasteiger charge is 2.02. The third-order valence-corrected chi connectivity index (χ3v) is 1.58. The van der Waals surface area contributed by atoms with E-state index in [1.807, 2.05) is 0 Å². The van der Waals surface area contributed by atoms with Crippen LogP contribution >= 0.6 is 0 Å². The summed E-state index contributed by atoms with van der Waals surface area (Å²) in [4.78, 5) is 15.0. The number of carbonyl (C=O) groups excluding carboxylic acids is 1. The molecule has 2 N–H and O–H groups in total. The topological polar surface area (TPSA) is 67.2 Å². The van der Waals surface area contributed by atoms with Crippen molar-refractivity contribution in [2.24, 2.45) is 0 Å².